The number of rotatable bonds is 5. The summed E-state index contributed by atoms with van der Waals surface area (Å²) in [6, 6.07) is 22.3. The Morgan fingerprint density at radius 1 is 0.793 bits per heavy atom. The molecule has 0 saturated carbocycles. The second-order valence-electron chi connectivity index (χ2n) is 10.3. The molecule has 2 heteroatoms. The van der Waals surface area contributed by atoms with Gasteiger partial charge in [0.2, 0.25) is 0 Å². The zero-order valence-electron chi connectivity index (χ0n) is 18.3. The van der Waals surface area contributed by atoms with Crippen molar-refractivity contribution in [2.75, 3.05) is 0 Å². The maximum absolute atomic E-state index is 13.2. The first-order valence-corrected chi connectivity index (χ1v) is 14.7. The van der Waals surface area contributed by atoms with Crippen molar-refractivity contribution >= 4 is 8.07 Å². The van der Waals surface area contributed by atoms with Crippen LogP contribution in [-0.4, -0.2) is 8.07 Å². The highest BCUT2D eigenvalue weighted by molar-refractivity contribution is 6.80. The van der Waals surface area contributed by atoms with Gasteiger partial charge in [-0.1, -0.05) is 100 Å². The number of hydrogen-bond donors (Lipinski definition) is 0. The minimum absolute atomic E-state index is 0.167. The van der Waals surface area contributed by atoms with Crippen LogP contribution in [0.4, 0.5) is 4.39 Å². The molecule has 0 nitrogen and oxygen atoms in total. The summed E-state index contributed by atoms with van der Waals surface area (Å²) in [6.45, 7) is 4.74. The highest BCUT2D eigenvalue weighted by atomic mass is 28.3. The van der Waals surface area contributed by atoms with E-state index in [1.165, 1.54) is 49.7 Å². The first-order valence-electron chi connectivity index (χ1n) is 11.9. The van der Waals surface area contributed by atoms with Gasteiger partial charge in [0, 0.05) is 0 Å². The summed E-state index contributed by atoms with van der Waals surface area (Å²) >= 11 is 0. The molecule has 0 aromatic heterocycles. The predicted molar refractivity (Wildman–Crippen MR) is 126 cm³/mol. The minimum Gasteiger partial charge on any atom is -0.207 e. The molecule has 2 fully saturated rings. The maximum atomic E-state index is 13.2. The Labute approximate surface area is 177 Å². The van der Waals surface area contributed by atoms with E-state index in [1.54, 1.807) is 36.3 Å². The van der Waals surface area contributed by atoms with E-state index in [0.717, 1.165) is 23.3 Å². The summed E-state index contributed by atoms with van der Waals surface area (Å²) in [7, 11) is -0.947. The van der Waals surface area contributed by atoms with E-state index in [9.17, 15) is 4.39 Å². The van der Waals surface area contributed by atoms with Crippen LogP contribution in [0.2, 0.25) is 24.2 Å². The van der Waals surface area contributed by atoms with E-state index < -0.39 is 8.07 Å². The maximum Gasteiger partial charge on any atom is 0.123 e. The predicted octanol–water partition coefficient (Wildman–Crippen LogP) is 8.67. The number of benzene rings is 2. The summed E-state index contributed by atoms with van der Waals surface area (Å²) in [5, 5.41) is 0. The van der Waals surface area contributed by atoms with E-state index in [-0.39, 0.29) is 5.82 Å². The fraction of sp³-hybridized carbons (Fsp3) is 0.556. The van der Waals surface area contributed by atoms with Crippen LogP contribution in [0.15, 0.2) is 48.5 Å². The van der Waals surface area contributed by atoms with Gasteiger partial charge in [-0.2, -0.15) is 0 Å². The molecule has 0 amide bonds. The monoisotopic (exact) mass is 408 g/mol. The molecular formula is C27H37FSi. The highest BCUT2D eigenvalue weighted by Crippen LogP contribution is 2.47. The van der Waals surface area contributed by atoms with Gasteiger partial charge in [-0.15, -0.1) is 0 Å². The van der Waals surface area contributed by atoms with E-state index in [1.807, 2.05) is 12.1 Å². The van der Waals surface area contributed by atoms with Crippen molar-refractivity contribution in [3.05, 3.63) is 59.9 Å². The summed E-state index contributed by atoms with van der Waals surface area (Å²) in [6.07, 6.45) is 8.81. The third-order valence-electron chi connectivity index (χ3n) is 7.92. The molecule has 156 valence electrons. The van der Waals surface area contributed by atoms with E-state index in [0.29, 0.717) is 0 Å². The van der Waals surface area contributed by atoms with Crippen molar-refractivity contribution in [1.82, 2.24) is 0 Å². The van der Waals surface area contributed by atoms with Crippen LogP contribution in [-0.2, 0) is 0 Å². The summed E-state index contributed by atoms with van der Waals surface area (Å²) in [4.78, 5) is 0. The Bertz CT molecular complexity index is 759. The van der Waals surface area contributed by atoms with Crippen molar-refractivity contribution in [3.63, 3.8) is 0 Å². The molecule has 2 heterocycles. The summed E-state index contributed by atoms with van der Waals surface area (Å²) < 4.78 is 13.2. The van der Waals surface area contributed by atoms with Gasteiger partial charge in [-0.25, -0.2) is 4.39 Å². The summed E-state index contributed by atoms with van der Waals surface area (Å²) in [5.41, 5.74) is 3.81. The summed E-state index contributed by atoms with van der Waals surface area (Å²) in [5.74, 6) is 2.49. The molecule has 0 aliphatic carbocycles. The van der Waals surface area contributed by atoms with Crippen molar-refractivity contribution < 1.29 is 4.39 Å². The third-order valence-corrected chi connectivity index (χ3v) is 13.3. The van der Waals surface area contributed by atoms with Crippen LogP contribution in [0.5, 0.6) is 0 Å². The second kappa shape index (κ2) is 9.16. The number of halogens is 1. The van der Waals surface area contributed by atoms with Crippen LogP contribution < -0.4 is 0 Å². The zero-order valence-corrected chi connectivity index (χ0v) is 19.3. The van der Waals surface area contributed by atoms with Crippen LogP contribution in [0.3, 0.4) is 0 Å². The van der Waals surface area contributed by atoms with Crippen LogP contribution in [0, 0.1) is 17.7 Å². The molecule has 2 aromatic rings. The Kier molecular flexibility index (Phi) is 6.59. The first kappa shape index (κ1) is 20.8. The van der Waals surface area contributed by atoms with Crippen molar-refractivity contribution in [2.24, 2.45) is 11.8 Å². The van der Waals surface area contributed by atoms with E-state index in [4.69, 9.17) is 0 Å². The average Bonchev–Trinajstić information content (AvgIpc) is 2.75. The molecule has 1 spiro atoms. The standard InChI is InChI=1S/C27H37FSi/c1-21(2)3-4-22-13-17-29(18-14-22)19-15-26(16-20-29)24-7-5-23(6-8-24)25-9-11-27(28)12-10-25/h5-12,21-22,26H,3-4,13-20H2,1-2H3. The van der Waals surface area contributed by atoms with Gasteiger partial charge < -0.3 is 0 Å². The third kappa shape index (κ3) is 5.20. The lowest BCUT2D eigenvalue weighted by molar-refractivity contribution is 0.384. The average molecular weight is 409 g/mol. The molecule has 0 atom stereocenters. The van der Waals surface area contributed by atoms with Gasteiger partial charge >= 0.3 is 0 Å². The van der Waals surface area contributed by atoms with Crippen LogP contribution in [0.1, 0.15) is 63.9 Å². The van der Waals surface area contributed by atoms with Crippen molar-refractivity contribution in [3.8, 4) is 11.1 Å². The molecule has 4 rings (SSSR count). The quantitative estimate of drug-likeness (QED) is 0.434. The zero-order chi connectivity index (χ0) is 20.3. The SMILES string of the molecule is CC(C)CCC1CC[Si]2(CC1)CCC(c1ccc(-c3ccc(F)cc3)cc1)CC2. The molecule has 29 heavy (non-hydrogen) atoms. The molecule has 0 bridgehead atoms. The lowest BCUT2D eigenvalue weighted by Crippen LogP contribution is -2.41. The van der Waals surface area contributed by atoms with Crippen molar-refractivity contribution in [1.29, 1.82) is 0 Å². The topological polar surface area (TPSA) is 0 Å². The number of hydrogen-bond acceptors (Lipinski definition) is 0. The van der Waals surface area contributed by atoms with Crippen LogP contribution in [0.25, 0.3) is 11.1 Å². The fourth-order valence-electron chi connectivity index (χ4n) is 5.80. The highest BCUT2D eigenvalue weighted by Gasteiger charge is 2.40. The molecule has 0 radical (unpaired) electrons. The first-order chi connectivity index (χ1) is 14.0. The largest absolute Gasteiger partial charge is 0.207 e. The van der Waals surface area contributed by atoms with Gasteiger partial charge in [0.25, 0.3) is 0 Å². The van der Waals surface area contributed by atoms with Gasteiger partial charge in [-0.3, -0.25) is 0 Å². The van der Waals surface area contributed by atoms with Gasteiger partial charge in [-0.05, 0) is 59.4 Å². The molecular weight excluding hydrogens is 371 g/mol. The van der Waals surface area contributed by atoms with Crippen molar-refractivity contribution in [2.45, 2.75) is 82.5 Å². The molecule has 2 aromatic carbocycles. The Hall–Kier alpha value is -1.41. The molecule has 2 saturated heterocycles. The lowest BCUT2D eigenvalue weighted by Gasteiger charge is -2.43. The molecule has 2 aliphatic heterocycles. The minimum atomic E-state index is -0.947. The second-order valence-corrected chi connectivity index (χ2v) is 15.3. The Morgan fingerprint density at radius 3 is 1.86 bits per heavy atom. The van der Waals surface area contributed by atoms with Gasteiger partial charge in [0.15, 0.2) is 0 Å². The Balaban J connectivity index is 1.30. The molecule has 0 N–H and O–H groups in total. The Morgan fingerprint density at radius 2 is 1.31 bits per heavy atom. The van der Waals surface area contributed by atoms with Gasteiger partial charge in [0.1, 0.15) is 5.82 Å². The van der Waals surface area contributed by atoms with Gasteiger partial charge in [0.05, 0.1) is 8.07 Å². The van der Waals surface area contributed by atoms with E-state index in [2.05, 4.69) is 38.1 Å². The molecule has 2 aliphatic rings. The normalized spacial score (nSPS) is 27.4. The fourth-order valence-corrected chi connectivity index (χ4v) is 11.3. The van der Waals surface area contributed by atoms with Crippen LogP contribution >= 0.6 is 0 Å². The molecule has 0 unspecified atom stereocenters. The lowest BCUT2D eigenvalue weighted by atomic mass is 9.91. The van der Waals surface area contributed by atoms with E-state index >= 15 is 0 Å². The smallest absolute Gasteiger partial charge is 0.123 e.